The van der Waals surface area contributed by atoms with Gasteiger partial charge in [-0.05, 0) is 107 Å². The Hall–Kier alpha value is -4.76. The van der Waals surface area contributed by atoms with Gasteiger partial charge in [0.1, 0.15) is 36.0 Å². The van der Waals surface area contributed by atoms with Crippen molar-refractivity contribution in [1.29, 1.82) is 0 Å². The molecule has 0 unspecified atom stereocenters. The van der Waals surface area contributed by atoms with Gasteiger partial charge in [-0.2, -0.15) is 11.8 Å². The second-order valence-corrected chi connectivity index (χ2v) is 15.0. The molecule has 0 spiro atoms. The van der Waals surface area contributed by atoms with Gasteiger partial charge in [0.05, 0.1) is 12.4 Å². The molecule has 19 nitrogen and oxygen atoms in total. The maximum atomic E-state index is 14.2. The molecule has 20 heteroatoms. The molecule has 58 heavy (non-hydrogen) atoms. The number of aromatic nitrogens is 2. The number of aromatic amines is 1. The number of amides is 5. The highest BCUT2D eigenvalue weighted by atomic mass is 32.2. The van der Waals surface area contributed by atoms with Crippen molar-refractivity contribution in [3.63, 3.8) is 0 Å². The fourth-order valence-corrected chi connectivity index (χ4v) is 6.40. The number of phenolic OH excluding ortho intramolecular Hbond substituents is 1. The molecule has 1 heterocycles. The van der Waals surface area contributed by atoms with E-state index in [-0.39, 0.29) is 37.9 Å². The highest BCUT2D eigenvalue weighted by Crippen LogP contribution is 2.14. The Labute approximate surface area is 343 Å². The average molecular weight is 834 g/mol. The van der Waals surface area contributed by atoms with E-state index >= 15 is 0 Å². The average Bonchev–Trinajstić information content (AvgIpc) is 3.72. The van der Waals surface area contributed by atoms with E-state index in [1.165, 1.54) is 36.4 Å². The van der Waals surface area contributed by atoms with Gasteiger partial charge in [-0.25, -0.2) is 9.78 Å². The number of imidazole rings is 1. The quantitative estimate of drug-likeness (QED) is 0.0415. The number of nitrogens with two attached hydrogens (primary N) is 4. The lowest BCUT2D eigenvalue weighted by atomic mass is 10.0. The fourth-order valence-electron chi connectivity index (χ4n) is 5.93. The Kier molecular flexibility index (Phi) is 23.7. The monoisotopic (exact) mass is 833 g/mol. The number of benzene rings is 1. The van der Waals surface area contributed by atoms with Crippen molar-refractivity contribution < 1.29 is 39.0 Å². The molecule has 0 bridgehead atoms. The van der Waals surface area contributed by atoms with Crippen LogP contribution in [0, 0.1) is 0 Å². The molecule has 1 aromatic heterocycles. The number of hydrogen-bond donors (Lipinski definition) is 12. The number of carbonyl (C=O) groups is 6. The third-order valence-corrected chi connectivity index (χ3v) is 9.96. The van der Waals surface area contributed by atoms with Gasteiger partial charge in [0.15, 0.2) is 0 Å². The third-order valence-electron chi connectivity index (χ3n) is 9.31. The lowest BCUT2D eigenvalue weighted by molar-refractivity contribution is -0.142. The van der Waals surface area contributed by atoms with Gasteiger partial charge in [0.25, 0.3) is 0 Å². The number of rotatable bonds is 30. The molecule has 16 N–H and O–H groups in total. The fraction of sp³-hybridized carbons (Fsp3) is 0.605. The summed E-state index contributed by atoms with van der Waals surface area (Å²) in [6.45, 7) is 1.14. The van der Waals surface area contributed by atoms with Crippen molar-refractivity contribution >= 4 is 47.3 Å². The van der Waals surface area contributed by atoms with Gasteiger partial charge in [-0.1, -0.05) is 18.6 Å². The summed E-state index contributed by atoms with van der Waals surface area (Å²) >= 11 is 1.43. The summed E-state index contributed by atoms with van der Waals surface area (Å²) in [7, 11) is 0. The number of thioether (sulfide) groups is 1. The van der Waals surface area contributed by atoms with Crippen molar-refractivity contribution in [3.8, 4) is 5.75 Å². The minimum absolute atomic E-state index is 0.0143. The highest BCUT2D eigenvalue weighted by Gasteiger charge is 2.33. The number of hydrogen-bond acceptors (Lipinski definition) is 13. The molecular weight excluding hydrogens is 771 g/mol. The minimum atomic E-state index is -1.31. The predicted molar refractivity (Wildman–Crippen MR) is 221 cm³/mol. The van der Waals surface area contributed by atoms with Crippen molar-refractivity contribution in [2.75, 3.05) is 31.6 Å². The van der Waals surface area contributed by atoms with Crippen LogP contribution in [0.3, 0.4) is 0 Å². The second kappa shape index (κ2) is 27.8. The van der Waals surface area contributed by atoms with Crippen LogP contribution in [0.5, 0.6) is 5.75 Å². The topological polar surface area (TPSA) is 336 Å². The number of unbranched alkanes of at least 4 members (excludes halogenated alkanes) is 3. The number of nitrogens with zero attached hydrogens (tertiary/aromatic N) is 1. The third kappa shape index (κ3) is 18.7. The first-order valence-corrected chi connectivity index (χ1v) is 21.1. The molecule has 0 aliphatic heterocycles. The van der Waals surface area contributed by atoms with Crippen molar-refractivity contribution in [2.24, 2.45) is 22.9 Å². The number of aromatic hydroxyl groups is 1. The number of carboxylic acids is 1. The molecule has 0 fully saturated rings. The first kappa shape index (κ1) is 49.4. The summed E-state index contributed by atoms with van der Waals surface area (Å²) in [5.41, 5.74) is 24.1. The van der Waals surface area contributed by atoms with E-state index < -0.39 is 71.8 Å². The van der Waals surface area contributed by atoms with Gasteiger partial charge in [0, 0.05) is 24.7 Å². The Balaban J connectivity index is 2.42. The molecule has 0 saturated heterocycles. The number of carbonyl (C=O) groups excluding carboxylic acids is 5. The summed E-state index contributed by atoms with van der Waals surface area (Å²) in [6.07, 6.45) is 8.72. The summed E-state index contributed by atoms with van der Waals surface area (Å²) in [4.78, 5) is 87.5. The molecule has 2 aromatic rings. The lowest BCUT2D eigenvalue weighted by Gasteiger charge is -2.27. The zero-order valence-electron chi connectivity index (χ0n) is 33.3. The Morgan fingerprint density at radius 3 is 1.60 bits per heavy atom. The molecule has 5 amide bonds. The van der Waals surface area contributed by atoms with Gasteiger partial charge in [-0.15, -0.1) is 0 Å². The lowest BCUT2D eigenvalue weighted by Crippen LogP contribution is -2.60. The summed E-state index contributed by atoms with van der Waals surface area (Å²) in [5.74, 6) is -4.18. The standard InChI is InChI=1S/C38H63N11O8S/c1-58-19-15-30(38(56)57)47-34(52)29(10-4-7-18-41)46-37(55)32(21-25-22-43-23-44-25)49-36(54)31(20-24-11-13-26(50)14-12-24)48-35(53)28(9-3-6-17-40)45-33(51)27(42)8-2-5-16-39/h11-14,22-23,27-32,50H,2-10,15-21,39-42H2,1H3,(H,43,44)(H,45,51)(H,46,55)(H,47,52)(H,48,53)(H,49,54)(H,56,57)/t27-,28-,29-,30-,31-,32-/m0/s1. The zero-order valence-corrected chi connectivity index (χ0v) is 34.1. The van der Waals surface area contributed by atoms with Crippen LogP contribution in [-0.4, -0.2) is 124 Å². The highest BCUT2D eigenvalue weighted by molar-refractivity contribution is 7.98. The first-order chi connectivity index (χ1) is 27.8. The van der Waals surface area contributed by atoms with Crippen molar-refractivity contribution in [1.82, 2.24) is 36.6 Å². The van der Waals surface area contributed by atoms with Crippen LogP contribution in [0.1, 0.15) is 75.5 Å². The number of nitrogens with one attached hydrogen (secondary N) is 6. The number of phenols is 1. The van der Waals surface area contributed by atoms with Gasteiger partial charge >= 0.3 is 5.97 Å². The van der Waals surface area contributed by atoms with Crippen LogP contribution in [0.4, 0.5) is 0 Å². The Morgan fingerprint density at radius 1 is 0.655 bits per heavy atom. The van der Waals surface area contributed by atoms with E-state index in [9.17, 15) is 39.0 Å². The molecule has 6 atom stereocenters. The van der Waals surface area contributed by atoms with Gasteiger partial charge < -0.3 is 64.7 Å². The first-order valence-electron chi connectivity index (χ1n) is 19.7. The number of carboxylic acid groups (broad SMARTS) is 1. The number of H-pyrrole nitrogens is 1. The van der Waals surface area contributed by atoms with Crippen LogP contribution in [0.25, 0.3) is 0 Å². The van der Waals surface area contributed by atoms with E-state index in [2.05, 4.69) is 36.6 Å². The van der Waals surface area contributed by atoms with Gasteiger partial charge in [-0.3, -0.25) is 24.0 Å². The molecule has 0 aliphatic rings. The largest absolute Gasteiger partial charge is 0.508 e. The zero-order chi connectivity index (χ0) is 42.9. The van der Waals surface area contributed by atoms with Crippen molar-refractivity contribution in [3.05, 3.63) is 48.0 Å². The Bertz CT molecular complexity index is 1550. The van der Waals surface area contributed by atoms with Crippen LogP contribution in [0.2, 0.25) is 0 Å². The number of aliphatic carboxylic acids is 1. The van der Waals surface area contributed by atoms with E-state index in [4.69, 9.17) is 22.9 Å². The second-order valence-electron chi connectivity index (χ2n) is 14.0. The normalized spacial score (nSPS) is 14.2. The van der Waals surface area contributed by atoms with E-state index in [1.54, 1.807) is 12.1 Å². The van der Waals surface area contributed by atoms with Crippen LogP contribution >= 0.6 is 11.8 Å². The molecule has 0 radical (unpaired) electrons. The van der Waals surface area contributed by atoms with E-state index in [1.807, 2.05) is 6.26 Å². The summed E-state index contributed by atoms with van der Waals surface area (Å²) in [6, 6.07) is -0.913. The summed E-state index contributed by atoms with van der Waals surface area (Å²) in [5, 5.41) is 33.0. The van der Waals surface area contributed by atoms with Gasteiger partial charge in [0.2, 0.25) is 29.5 Å². The molecule has 0 aliphatic carbocycles. The predicted octanol–water partition coefficient (Wildman–Crippen LogP) is -1.12. The smallest absolute Gasteiger partial charge is 0.326 e. The minimum Gasteiger partial charge on any atom is -0.508 e. The Morgan fingerprint density at radius 2 is 1.12 bits per heavy atom. The maximum absolute atomic E-state index is 14.2. The van der Waals surface area contributed by atoms with E-state index in [0.717, 1.165) is 0 Å². The molecule has 2 rings (SSSR count). The van der Waals surface area contributed by atoms with Crippen LogP contribution in [0.15, 0.2) is 36.8 Å². The SMILES string of the molecule is CSCC[C@H](NC(=O)[C@H](CCCCN)NC(=O)[C@H](Cc1cnc[nH]1)NC(=O)[C@H](Cc1ccc(O)cc1)NC(=O)[C@H](CCCCN)NC(=O)[C@@H](N)CCCCN)C(=O)O. The maximum Gasteiger partial charge on any atom is 0.326 e. The van der Waals surface area contributed by atoms with Crippen molar-refractivity contribution in [2.45, 2.75) is 113 Å². The molecule has 0 saturated carbocycles. The van der Waals surface area contributed by atoms with Crippen LogP contribution < -0.4 is 49.5 Å². The van der Waals surface area contributed by atoms with Crippen LogP contribution in [-0.2, 0) is 41.6 Å². The van der Waals surface area contributed by atoms with E-state index in [0.29, 0.717) is 81.6 Å². The molecular formula is C38H63N11O8S. The molecule has 324 valence electrons. The molecule has 1 aromatic carbocycles. The summed E-state index contributed by atoms with van der Waals surface area (Å²) < 4.78 is 0.